The topological polar surface area (TPSA) is 23.5 Å². The first-order valence-corrected chi connectivity index (χ1v) is 6.62. The Kier molecular flexibility index (Phi) is 2.44. The molecular formula is C15H21NO. The molecule has 0 amide bonds. The summed E-state index contributed by atoms with van der Waals surface area (Å²) in [5, 5.41) is 11.0. The Bertz CT molecular complexity index is 389. The van der Waals surface area contributed by atoms with E-state index < -0.39 is 5.60 Å². The van der Waals surface area contributed by atoms with Gasteiger partial charge >= 0.3 is 0 Å². The maximum Gasteiger partial charge on any atom is 0.0952 e. The maximum absolute atomic E-state index is 11.0. The molecule has 1 aromatic rings. The Labute approximate surface area is 103 Å². The fraction of sp³-hybridized carbons (Fsp3) is 0.600. The molecule has 0 spiro atoms. The van der Waals surface area contributed by atoms with Crippen molar-refractivity contribution >= 4 is 5.69 Å². The number of hydrogen-bond acceptors (Lipinski definition) is 2. The van der Waals surface area contributed by atoms with E-state index >= 15 is 0 Å². The molecule has 0 bridgehead atoms. The average Bonchev–Trinajstić information content (AvgIpc) is 3.20. The fourth-order valence-corrected chi connectivity index (χ4v) is 2.88. The van der Waals surface area contributed by atoms with Gasteiger partial charge in [0.2, 0.25) is 0 Å². The minimum atomic E-state index is -0.523. The van der Waals surface area contributed by atoms with Crippen LogP contribution in [0.15, 0.2) is 24.3 Å². The van der Waals surface area contributed by atoms with Crippen LogP contribution in [0.25, 0.3) is 0 Å². The van der Waals surface area contributed by atoms with Crippen LogP contribution in [-0.4, -0.2) is 19.2 Å². The molecule has 0 aromatic heterocycles. The van der Waals surface area contributed by atoms with Gasteiger partial charge in [-0.2, -0.15) is 0 Å². The van der Waals surface area contributed by atoms with Gasteiger partial charge in [0, 0.05) is 19.8 Å². The van der Waals surface area contributed by atoms with E-state index in [4.69, 9.17) is 0 Å². The number of anilines is 1. The van der Waals surface area contributed by atoms with Crippen LogP contribution in [0.5, 0.6) is 0 Å². The van der Waals surface area contributed by atoms with E-state index in [0.717, 1.165) is 5.56 Å². The van der Waals surface area contributed by atoms with Crippen molar-refractivity contribution in [3.63, 3.8) is 0 Å². The van der Waals surface area contributed by atoms with Crippen molar-refractivity contribution in [2.75, 3.05) is 19.0 Å². The van der Waals surface area contributed by atoms with Gasteiger partial charge in [-0.15, -0.1) is 0 Å². The summed E-state index contributed by atoms with van der Waals surface area (Å²) in [5.74, 6) is 1.03. The maximum atomic E-state index is 11.0. The van der Waals surface area contributed by atoms with Crippen molar-refractivity contribution in [1.29, 1.82) is 0 Å². The summed E-state index contributed by atoms with van der Waals surface area (Å²) in [6.45, 7) is 0. The van der Waals surface area contributed by atoms with Crippen molar-refractivity contribution in [1.82, 2.24) is 0 Å². The number of aliphatic hydroxyl groups is 1. The molecule has 2 saturated carbocycles. The molecule has 0 saturated heterocycles. The SMILES string of the molecule is CN(C)c1ccc(C(O)(C2CC2)C2CC2)cc1. The van der Waals surface area contributed by atoms with Gasteiger partial charge in [-0.3, -0.25) is 0 Å². The van der Waals surface area contributed by atoms with E-state index in [1.165, 1.54) is 31.4 Å². The van der Waals surface area contributed by atoms with Crippen LogP contribution in [0.4, 0.5) is 5.69 Å². The molecule has 2 aliphatic rings. The van der Waals surface area contributed by atoms with Crippen molar-refractivity contribution in [2.45, 2.75) is 31.3 Å². The molecule has 17 heavy (non-hydrogen) atoms. The summed E-state index contributed by atoms with van der Waals surface area (Å²) >= 11 is 0. The lowest BCUT2D eigenvalue weighted by atomic mass is 9.84. The second-order valence-corrected chi connectivity index (χ2v) is 5.82. The number of benzene rings is 1. The number of hydrogen-bond donors (Lipinski definition) is 1. The molecule has 1 aromatic carbocycles. The normalized spacial score (nSPS) is 20.4. The van der Waals surface area contributed by atoms with Gasteiger partial charge in [-0.25, -0.2) is 0 Å². The van der Waals surface area contributed by atoms with E-state index in [2.05, 4.69) is 29.2 Å². The van der Waals surface area contributed by atoms with E-state index in [1.54, 1.807) is 0 Å². The van der Waals surface area contributed by atoms with Crippen molar-refractivity contribution < 1.29 is 5.11 Å². The number of nitrogens with zero attached hydrogens (tertiary/aromatic N) is 1. The zero-order valence-corrected chi connectivity index (χ0v) is 10.7. The smallest absolute Gasteiger partial charge is 0.0952 e. The van der Waals surface area contributed by atoms with Gasteiger partial charge < -0.3 is 10.0 Å². The highest BCUT2D eigenvalue weighted by Crippen LogP contribution is 2.57. The summed E-state index contributed by atoms with van der Waals surface area (Å²) in [7, 11) is 4.09. The third-order valence-electron chi connectivity index (χ3n) is 4.25. The van der Waals surface area contributed by atoms with Gasteiger partial charge in [-0.05, 0) is 55.2 Å². The second kappa shape index (κ2) is 3.74. The molecule has 1 N–H and O–H groups in total. The Morgan fingerprint density at radius 3 is 1.82 bits per heavy atom. The first kappa shape index (κ1) is 11.1. The molecule has 0 heterocycles. The Balaban J connectivity index is 1.91. The summed E-state index contributed by atoms with van der Waals surface area (Å²) in [6, 6.07) is 8.47. The standard InChI is InChI=1S/C15H21NO/c1-16(2)14-9-7-13(8-10-14)15(17,11-3-4-11)12-5-6-12/h7-12,17H,3-6H2,1-2H3. The summed E-state index contributed by atoms with van der Waals surface area (Å²) in [4.78, 5) is 2.09. The lowest BCUT2D eigenvalue weighted by molar-refractivity contribution is -0.0102. The summed E-state index contributed by atoms with van der Waals surface area (Å²) in [6.07, 6.45) is 4.79. The molecule has 2 nitrogen and oxygen atoms in total. The average molecular weight is 231 g/mol. The Hall–Kier alpha value is -1.02. The minimum Gasteiger partial charge on any atom is -0.385 e. The fourth-order valence-electron chi connectivity index (χ4n) is 2.88. The van der Waals surface area contributed by atoms with Crippen LogP contribution in [0.1, 0.15) is 31.2 Å². The Morgan fingerprint density at radius 2 is 1.47 bits per heavy atom. The highest BCUT2D eigenvalue weighted by Gasteiger charge is 2.54. The third kappa shape index (κ3) is 1.85. The van der Waals surface area contributed by atoms with Gasteiger partial charge in [0.05, 0.1) is 5.60 Å². The van der Waals surface area contributed by atoms with E-state index in [-0.39, 0.29) is 0 Å². The first-order valence-electron chi connectivity index (χ1n) is 6.62. The monoisotopic (exact) mass is 231 g/mol. The van der Waals surface area contributed by atoms with Crippen LogP contribution in [-0.2, 0) is 5.60 Å². The number of rotatable bonds is 4. The van der Waals surface area contributed by atoms with Crippen molar-refractivity contribution in [3.05, 3.63) is 29.8 Å². The molecule has 0 atom stereocenters. The van der Waals surface area contributed by atoms with E-state index in [1.807, 2.05) is 14.1 Å². The van der Waals surface area contributed by atoms with Gasteiger partial charge in [-0.1, -0.05) is 12.1 Å². The second-order valence-electron chi connectivity index (χ2n) is 5.82. The van der Waals surface area contributed by atoms with Crippen LogP contribution in [0.2, 0.25) is 0 Å². The Morgan fingerprint density at radius 1 is 1.00 bits per heavy atom. The molecule has 92 valence electrons. The van der Waals surface area contributed by atoms with Gasteiger partial charge in [0.15, 0.2) is 0 Å². The van der Waals surface area contributed by atoms with Gasteiger partial charge in [0.25, 0.3) is 0 Å². The molecule has 0 radical (unpaired) electrons. The lowest BCUT2D eigenvalue weighted by Crippen LogP contribution is -2.31. The lowest BCUT2D eigenvalue weighted by Gasteiger charge is -2.29. The highest BCUT2D eigenvalue weighted by molar-refractivity contribution is 5.47. The molecule has 0 unspecified atom stereocenters. The van der Waals surface area contributed by atoms with Crippen molar-refractivity contribution in [2.24, 2.45) is 11.8 Å². The van der Waals surface area contributed by atoms with Crippen LogP contribution >= 0.6 is 0 Å². The van der Waals surface area contributed by atoms with Crippen LogP contribution < -0.4 is 4.90 Å². The summed E-state index contributed by atoms with van der Waals surface area (Å²) < 4.78 is 0. The molecule has 2 fully saturated rings. The molecule has 0 aliphatic heterocycles. The molecular weight excluding hydrogens is 210 g/mol. The highest BCUT2D eigenvalue weighted by atomic mass is 16.3. The third-order valence-corrected chi connectivity index (χ3v) is 4.25. The molecule has 2 aliphatic carbocycles. The largest absolute Gasteiger partial charge is 0.385 e. The van der Waals surface area contributed by atoms with Crippen LogP contribution in [0, 0.1) is 11.8 Å². The predicted octanol–water partition coefficient (Wildman–Crippen LogP) is 2.76. The quantitative estimate of drug-likeness (QED) is 0.861. The zero-order valence-electron chi connectivity index (χ0n) is 10.7. The van der Waals surface area contributed by atoms with E-state index in [9.17, 15) is 5.11 Å². The van der Waals surface area contributed by atoms with Crippen molar-refractivity contribution in [3.8, 4) is 0 Å². The summed E-state index contributed by atoms with van der Waals surface area (Å²) in [5.41, 5.74) is 1.81. The first-order chi connectivity index (χ1) is 8.12. The zero-order chi connectivity index (χ0) is 12.0. The van der Waals surface area contributed by atoms with Crippen LogP contribution in [0.3, 0.4) is 0 Å². The van der Waals surface area contributed by atoms with Gasteiger partial charge in [0.1, 0.15) is 0 Å². The van der Waals surface area contributed by atoms with E-state index in [0.29, 0.717) is 11.8 Å². The minimum absolute atomic E-state index is 0.514. The molecule has 2 heteroatoms. The molecule has 3 rings (SSSR count). The predicted molar refractivity (Wildman–Crippen MR) is 70.1 cm³/mol.